The fraction of sp³-hybridized carbons (Fsp3) is 0.136. The lowest BCUT2D eigenvalue weighted by Crippen LogP contribution is -2.23. The number of para-hydroxylation sites is 1. The third-order valence-electron chi connectivity index (χ3n) is 4.35. The Bertz CT molecular complexity index is 1240. The Morgan fingerprint density at radius 1 is 0.931 bits per heavy atom. The van der Waals surface area contributed by atoms with E-state index in [2.05, 4.69) is 4.98 Å². The van der Waals surface area contributed by atoms with Crippen LogP contribution in [0, 0.1) is 6.92 Å². The number of aryl methyl sites for hydroxylation is 1. The van der Waals surface area contributed by atoms with Crippen LogP contribution in [0.2, 0.25) is 0 Å². The lowest BCUT2D eigenvalue weighted by atomic mass is 10.2. The fourth-order valence-corrected chi connectivity index (χ4v) is 5.25. The first kappa shape index (κ1) is 19.5. The molecular formula is C22H19N3O2S2. The van der Waals surface area contributed by atoms with Crippen LogP contribution >= 0.6 is 11.8 Å². The summed E-state index contributed by atoms with van der Waals surface area (Å²) < 4.78 is 14.1. The van der Waals surface area contributed by atoms with Crippen molar-refractivity contribution in [2.75, 3.05) is 11.5 Å². The van der Waals surface area contributed by atoms with Crippen molar-refractivity contribution in [1.29, 1.82) is 0 Å². The Hall–Kier alpha value is -2.77. The molecule has 0 aliphatic carbocycles. The van der Waals surface area contributed by atoms with E-state index in [1.807, 2.05) is 67.6 Å². The maximum Gasteiger partial charge on any atom is 0.267 e. The van der Waals surface area contributed by atoms with E-state index in [0.29, 0.717) is 33.4 Å². The molecule has 0 aliphatic rings. The molecule has 29 heavy (non-hydrogen) atoms. The summed E-state index contributed by atoms with van der Waals surface area (Å²) in [6.07, 6.45) is 0. The van der Waals surface area contributed by atoms with Gasteiger partial charge < -0.3 is 0 Å². The molecule has 4 rings (SSSR count). The first-order chi connectivity index (χ1) is 14.1. The molecule has 7 heteroatoms. The highest BCUT2D eigenvalue weighted by atomic mass is 32.2. The van der Waals surface area contributed by atoms with E-state index in [-0.39, 0.29) is 5.56 Å². The van der Waals surface area contributed by atoms with Crippen molar-refractivity contribution < 1.29 is 4.21 Å². The van der Waals surface area contributed by atoms with Gasteiger partial charge in [-0.3, -0.25) is 9.00 Å². The van der Waals surface area contributed by atoms with E-state index in [0.717, 1.165) is 10.6 Å². The summed E-state index contributed by atoms with van der Waals surface area (Å²) in [6.45, 7) is 1.89. The lowest BCUT2D eigenvalue weighted by molar-refractivity contribution is 0.684. The van der Waals surface area contributed by atoms with Gasteiger partial charge in [-0.15, -0.1) is 0 Å². The Balaban J connectivity index is 1.68. The molecule has 0 N–H and O–H groups in total. The molecular weight excluding hydrogens is 402 g/mol. The van der Waals surface area contributed by atoms with Gasteiger partial charge >= 0.3 is 0 Å². The minimum atomic E-state index is -1.10. The molecule has 146 valence electrons. The topological polar surface area (TPSA) is 64.8 Å². The standard InChI is InChI=1S/C22H19N3O2S2/c1-16-8-7-13-20(23-16)25-21(26)18-11-5-6-12-19(18)24-22(25)28-14-15-29(27)17-9-3-2-4-10-17/h2-13H,14-15H2,1H3/t29-/m0/s1. The van der Waals surface area contributed by atoms with Crippen LogP contribution in [-0.2, 0) is 10.8 Å². The fourth-order valence-electron chi connectivity index (χ4n) is 2.96. The Labute approximate surface area is 175 Å². The number of aromatic nitrogens is 3. The van der Waals surface area contributed by atoms with Crippen LogP contribution in [-0.4, -0.2) is 30.2 Å². The van der Waals surface area contributed by atoms with E-state index in [4.69, 9.17) is 4.98 Å². The van der Waals surface area contributed by atoms with E-state index in [9.17, 15) is 9.00 Å². The number of pyridine rings is 1. The van der Waals surface area contributed by atoms with Crippen molar-refractivity contribution in [2.45, 2.75) is 17.0 Å². The van der Waals surface area contributed by atoms with Crippen molar-refractivity contribution in [1.82, 2.24) is 14.5 Å². The molecule has 0 amide bonds. The van der Waals surface area contributed by atoms with Crippen LogP contribution in [0.25, 0.3) is 16.7 Å². The molecule has 0 saturated carbocycles. The molecule has 4 aromatic rings. The van der Waals surface area contributed by atoms with Crippen LogP contribution in [0.1, 0.15) is 5.69 Å². The lowest BCUT2D eigenvalue weighted by Gasteiger charge is -2.13. The first-order valence-electron chi connectivity index (χ1n) is 9.15. The predicted octanol–water partition coefficient (Wildman–Crippen LogP) is 3.99. The minimum absolute atomic E-state index is 0.152. The number of rotatable bonds is 6. The number of hydrogen-bond donors (Lipinski definition) is 0. The van der Waals surface area contributed by atoms with Gasteiger partial charge in [-0.1, -0.05) is 48.2 Å². The maximum atomic E-state index is 13.2. The molecule has 2 aromatic heterocycles. The van der Waals surface area contributed by atoms with E-state index in [1.165, 1.54) is 11.8 Å². The maximum absolute atomic E-state index is 13.2. The SMILES string of the molecule is Cc1cccc(-n2c(SCC[S@](=O)c3ccccc3)nc3ccccc3c2=O)n1. The Kier molecular flexibility index (Phi) is 5.87. The highest BCUT2D eigenvalue weighted by Crippen LogP contribution is 2.21. The van der Waals surface area contributed by atoms with Gasteiger partial charge in [0, 0.05) is 22.1 Å². The largest absolute Gasteiger partial charge is 0.268 e. The second-order valence-electron chi connectivity index (χ2n) is 6.40. The van der Waals surface area contributed by atoms with Gasteiger partial charge in [0.1, 0.15) is 5.82 Å². The van der Waals surface area contributed by atoms with E-state index >= 15 is 0 Å². The van der Waals surface area contributed by atoms with Crippen molar-refractivity contribution >= 4 is 33.5 Å². The van der Waals surface area contributed by atoms with E-state index < -0.39 is 10.8 Å². The molecule has 0 aliphatic heterocycles. The molecule has 0 saturated heterocycles. The number of nitrogens with zero attached hydrogens (tertiary/aromatic N) is 3. The van der Waals surface area contributed by atoms with Crippen molar-refractivity contribution in [3.63, 3.8) is 0 Å². The van der Waals surface area contributed by atoms with Crippen LogP contribution in [0.5, 0.6) is 0 Å². The van der Waals surface area contributed by atoms with Crippen molar-refractivity contribution in [3.8, 4) is 5.82 Å². The molecule has 5 nitrogen and oxygen atoms in total. The monoisotopic (exact) mass is 421 g/mol. The Morgan fingerprint density at radius 3 is 2.48 bits per heavy atom. The normalized spacial score (nSPS) is 12.2. The number of benzene rings is 2. The molecule has 2 heterocycles. The van der Waals surface area contributed by atoms with E-state index in [1.54, 1.807) is 16.7 Å². The molecule has 0 radical (unpaired) electrons. The minimum Gasteiger partial charge on any atom is -0.268 e. The van der Waals surface area contributed by atoms with Crippen LogP contribution in [0.4, 0.5) is 0 Å². The molecule has 0 fully saturated rings. The van der Waals surface area contributed by atoms with Crippen LogP contribution < -0.4 is 5.56 Å². The summed E-state index contributed by atoms with van der Waals surface area (Å²) in [4.78, 5) is 23.2. The smallest absolute Gasteiger partial charge is 0.267 e. The zero-order valence-electron chi connectivity index (χ0n) is 15.8. The summed E-state index contributed by atoms with van der Waals surface area (Å²) in [5.74, 6) is 1.58. The zero-order valence-corrected chi connectivity index (χ0v) is 17.5. The number of thioether (sulfide) groups is 1. The van der Waals surface area contributed by atoms with Crippen molar-refractivity contribution in [3.05, 3.63) is 88.8 Å². The average Bonchev–Trinajstić information content (AvgIpc) is 2.74. The average molecular weight is 422 g/mol. The third-order valence-corrected chi connectivity index (χ3v) is 6.93. The molecule has 0 bridgehead atoms. The number of fused-ring (bicyclic) bond motifs is 1. The summed E-state index contributed by atoms with van der Waals surface area (Å²) in [7, 11) is -1.10. The summed E-state index contributed by atoms with van der Waals surface area (Å²) in [5, 5.41) is 1.10. The highest BCUT2D eigenvalue weighted by Gasteiger charge is 2.15. The first-order valence-corrected chi connectivity index (χ1v) is 11.5. The summed E-state index contributed by atoms with van der Waals surface area (Å²) in [6, 6.07) is 22.3. The van der Waals surface area contributed by atoms with Crippen LogP contribution in [0.3, 0.4) is 0 Å². The van der Waals surface area contributed by atoms with Gasteiger partial charge in [0.15, 0.2) is 5.16 Å². The van der Waals surface area contributed by atoms with Crippen LogP contribution in [0.15, 0.2) is 87.6 Å². The van der Waals surface area contributed by atoms with Gasteiger partial charge in [0.2, 0.25) is 0 Å². The van der Waals surface area contributed by atoms with Crippen molar-refractivity contribution in [2.24, 2.45) is 0 Å². The predicted molar refractivity (Wildman–Crippen MR) is 118 cm³/mol. The Morgan fingerprint density at radius 2 is 1.69 bits per heavy atom. The van der Waals surface area contributed by atoms with Gasteiger partial charge in [0.25, 0.3) is 5.56 Å². The zero-order chi connectivity index (χ0) is 20.2. The summed E-state index contributed by atoms with van der Waals surface area (Å²) in [5.41, 5.74) is 1.32. The molecule has 0 unspecified atom stereocenters. The number of hydrogen-bond acceptors (Lipinski definition) is 5. The quantitative estimate of drug-likeness (QED) is 0.348. The second-order valence-corrected chi connectivity index (χ2v) is 9.03. The summed E-state index contributed by atoms with van der Waals surface area (Å²) >= 11 is 1.42. The van der Waals surface area contributed by atoms with Gasteiger partial charge in [-0.05, 0) is 43.3 Å². The third kappa shape index (κ3) is 4.31. The van der Waals surface area contributed by atoms with Gasteiger partial charge in [0.05, 0.1) is 21.7 Å². The second kappa shape index (κ2) is 8.71. The van der Waals surface area contributed by atoms with Gasteiger partial charge in [-0.25, -0.2) is 14.5 Å². The van der Waals surface area contributed by atoms with Gasteiger partial charge in [-0.2, -0.15) is 0 Å². The molecule has 2 aromatic carbocycles. The highest BCUT2D eigenvalue weighted by molar-refractivity contribution is 8.00. The molecule has 1 atom stereocenters. The molecule has 0 spiro atoms.